The van der Waals surface area contributed by atoms with Crippen LogP contribution >= 0.6 is 0 Å². The van der Waals surface area contributed by atoms with Crippen molar-refractivity contribution in [3.63, 3.8) is 0 Å². The SMILES string of the molecule is CCCC1=C(C(=O)OCC)C(c2cccc([N+](=O)[O-])c2)n2ccnc2N1. The number of aromatic nitrogens is 2. The van der Waals surface area contributed by atoms with Crippen molar-refractivity contribution in [2.45, 2.75) is 32.7 Å². The van der Waals surface area contributed by atoms with Gasteiger partial charge in [-0.2, -0.15) is 0 Å². The lowest BCUT2D eigenvalue weighted by molar-refractivity contribution is -0.384. The fraction of sp³-hybridized carbons (Fsp3) is 0.333. The van der Waals surface area contributed by atoms with Gasteiger partial charge in [-0.3, -0.25) is 10.1 Å². The summed E-state index contributed by atoms with van der Waals surface area (Å²) in [5.74, 6) is 0.164. The van der Waals surface area contributed by atoms with Gasteiger partial charge in [-0.25, -0.2) is 9.78 Å². The first-order valence-electron chi connectivity index (χ1n) is 8.51. The molecule has 3 rings (SSSR count). The number of hydrogen-bond acceptors (Lipinski definition) is 6. The number of carbonyl (C=O) groups excluding carboxylic acids is 1. The lowest BCUT2D eigenvalue weighted by atomic mass is 9.93. The predicted octanol–water partition coefficient (Wildman–Crippen LogP) is 3.42. The number of nitro groups is 1. The van der Waals surface area contributed by atoms with Gasteiger partial charge >= 0.3 is 5.97 Å². The largest absolute Gasteiger partial charge is 0.463 e. The average molecular weight is 356 g/mol. The van der Waals surface area contributed by atoms with E-state index in [9.17, 15) is 14.9 Å². The van der Waals surface area contributed by atoms with Crippen LogP contribution in [0.2, 0.25) is 0 Å². The van der Waals surface area contributed by atoms with Crippen LogP contribution in [-0.4, -0.2) is 27.1 Å². The van der Waals surface area contributed by atoms with E-state index in [0.717, 1.165) is 12.1 Å². The van der Waals surface area contributed by atoms with E-state index in [-0.39, 0.29) is 12.3 Å². The number of fused-ring (bicyclic) bond motifs is 1. The van der Waals surface area contributed by atoms with Crippen LogP contribution in [0.3, 0.4) is 0 Å². The van der Waals surface area contributed by atoms with Crippen LogP contribution in [-0.2, 0) is 9.53 Å². The number of benzene rings is 1. The molecule has 2 aromatic rings. The minimum Gasteiger partial charge on any atom is -0.463 e. The maximum absolute atomic E-state index is 12.7. The summed E-state index contributed by atoms with van der Waals surface area (Å²) in [5.41, 5.74) is 1.81. The first-order valence-corrected chi connectivity index (χ1v) is 8.51. The van der Waals surface area contributed by atoms with Crippen molar-refractivity contribution in [1.29, 1.82) is 0 Å². The van der Waals surface area contributed by atoms with Crippen molar-refractivity contribution < 1.29 is 14.5 Å². The van der Waals surface area contributed by atoms with E-state index >= 15 is 0 Å². The van der Waals surface area contributed by atoms with Crippen LogP contribution in [0.25, 0.3) is 0 Å². The van der Waals surface area contributed by atoms with Crippen LogP contribution in [0.5, 0.6) is 0 Å². The minimum absolute atomic E-state index is 0.0250. The van der Waals surface area contributed by atoms with E-state index in [2.05, 4.69) is 10.3 Å². The molecule has 1 N–H and O–H groups in total. The molecule has 0 saturated heterocycles. The highest BCUT2D eigenvalue weighted by atomic mass is 16.6. The van der Waals surface area contributed by atoms with Gasteiger partial charge in [-0.1, -0.05) is 25.5 Å². The van der Waals surface area contributed by atoms with Crippen LogP contribution < -0.4 is 5.32 Å². The number of hydrogen-bond donors (Lipinski definition) is 1. The van der Waals surface area contributed by atoms with Crippen LogP contribution in [0.15, 0.2) is 47.9 Å². The third-order valence-electron chi connectivity index (χ3n) is 4.20. The van der Waals surface area contributed by atoms with E-state index in [1.165, 1.54) is 12.1 Å². The molecule has 1 aromatic carbocycles. The van der Waals surface area contributed by atoms with Gasteiger partial charge in [0, 0.05) is 30.2 Å². The molecule has 0 spiro atoms. The molecule has 0 aliphatic carbocycles. The summed E-state index contributed by atoms with van der Waals surface area (Å²) in [7, 11) is 0. The Hall–Kier alpha value is -3.16. The second-order valence-corrected chi connectivity index (χ2v) is 5.90. The highest BCUT2D eigenvalue weighted by Crippen LogP contribution is 2.38. The molecular weight excluding hydrogens is 336 g/mol. The van der Waals surface area contributed by atoms with Crippen molar-refractivity contribution >= 4 is 17.6 Å². The van der Waals surface area contributed by atoms with Crippen molar-refractivity contribution in [3.05, 3.63) is 63.6 Å². The second kappa shape index (κ2) is 7.38. The zero-order chi connectivity index (χ0) is 18.7. The average Bonchev–Trinajstić information content (AvgIpc) is 3.09. The van der Waals surface area contributed by atoms with Crippen molar-refractivity contribution in [2.24, 2.45) is 0 Å². The maximum Gasteiger partial charge on any atom is 0.338 e. The summed E-state index contributed by atoms with van der Waals surface area (Å²) < 4.78 is 7.07. The molecule has 8 heteroatoms. The predicted molar refractivity (Wildman–Crippen MR) is 95.7 cm³/mol. The Labute approximate surface area is 150 Å². The molecule has 136 valence electrons. The van der Waals surface area contributed by atoms with E-state index in [1.54, 1.807) is 36.0 Å². The number of imidazole rings is 1. The topological polar surface area (TPSA) is 99.3 Å². The molecule has 0 bridgehead atoms. The number of carbonyl (C=O) groups is 1. The first kappa shape index (κ1) is 17.7. The lowest BCUT2D eigenvalue weighted by Gasteiger charge is -2.30. The molecule has 1 unspecified atom stereocenters. The summed E-state index contributed by atoms with van der Waals surface area (Å²) in [5, 5.41) is 14.4. The monoisotopic (exact) mass is 356 g/mol. The highest BCUT2D eigenvalue weighted by molar-refractivity contribution is 5.92. The smallest absolute Gasteiger partial charge is 0.338 e. The summed E-state index contributed by atoms with van der Waals surface area (Å²) >= 11 is 0. The van der Waals surface area contributed by atoms with E-state index in [1.807, 2.05) is 6.92 Å². The minimum atomic E-state index is -0.533. The number of non-ortho nitro benzene ring substituents is 1. The van der Waals surface area contributed by atoms with Crippen molar-refractivity contribution in [2.75, 3.05) is 11.9 Å². The zero-order valence-electron chi connectivity index (χ0n) is 14.6. The summed E-state index contributed by atoms with van der Waals surface area (Å²) in [6, 6.07) is 5.78. The van der Waals surface area contributed by atoms with E-state index < -0.39 is 16.9 Å². The number of allylic oxidation sites excluding steroid dienone is 1. The molecule has 0 fully saturated rings. The fourth-order valence-electron chi connectivity index (χ4n) is 3.15. The molecule has 1 atom stereocenters. The van der Waals surface area contributed by atoms with Gasteiger partial charge in [0.05, 0.1) is 23.1 Å². The quantitative estimate of drug-likeness (QED) is 0.484. The van der Waals surface area contributed by atoms with Crippen LogP contribution in [0, 0.1) is 10.1 Å². The van der Waals surface area contributed by atoms with E-state index in [0.29, 0.717) is 23.5 Å². The number of nitrogens with one attached hydrogen (secondary N) is 1. The van der Waals surface area contributed by atoms with Gasteiger partial charge in [0.25, 0.3) is 5.69 Å². The molecule has 0 amide bonds. The van der Waals surface area contributed by atoms with E-state index in [4.69, 9.17) is 4.74 Å². The fourth-order valence-corrected chi connectivity index (χ4v) is 3.15. The maximum atomic E-state index is 12.7. The van der Waals surface area contributed by atoms with Crippen molar-refractivity contribution in [1.82, 2.24) is 9.55 Å². The Kier molecular flexibility index (Phi) is 5.01. The van der Waals surface area contributed by atoms with Crippen LogP contribution in [0.1, 0.15) is 38.3 Å². The van der Waals surface area contributed by atoms with Gasteiger partial charge < -0.3 is 14.6 Å². The second-order valence-electron chi connectivity index (χ2n) is 5.90. The molecule has 2 heterocycles. The molecule has 1 aliphatic heterocycles. The number of anilines is 1. The Balaban J connectivity index is 2.19. The Morgan fingerprint density at radius 1 is 1.42 bits per heavy atom. The van der Waals surface area contributed by atoms with Gasteiger partial charge in [-0.05, 0) is 18.9 Å². The van der Waals surface area contributed by atoms with Gasteiger partial charge in [-0.15, -0.1) is 0 Å². The number of ether oxygens (including phenoxy) is 1. The number of rotatable bonds is 6. The molecule has 1 aliphatic rings. The third kappa shape index (κ3) is 3.17. The number of nitro benzene ring substituents is 1. The van der Waals surface area contributed by atoms with Crippen molar-refractivity contribution in [3.8, 4) is 0 Å². The zero-order valence-corrected chi connectivity index (χ0v) is 14.6. The Morgan fingerprint density at radius 2 is 2.23 bits per heavy atom. The highest BCUT2D eigenvalue weighted by Gasteiger charge is 2.34. The Morgan fingerprint density at radius 3 is 2.92 bits per heavy atom. The molecule has 8 nitrogen and oxygen atoms in total. The normalized spacial score (nSPS) is 16.0. The van der Waals surface area contributed by atoms with Gasteiger partial charge in [0.1, 0.15) is 0 Å². The standard InChI is InChI=1S/C18H20N4O4/c1-3-6-14-15(17(23)26-4-2)16(21-10-9-19-18(21)20-14)12-7-5-8-13(11-12)22(24)25/h5,7-11,16H,3-4,6H2,1-2H3,(H,19,20). The Bertz CT molecular complexity index is 872. The van der Waals surface area contributed by atoms with Gasteiger partial charge in [0.2, 0.25) is 5.95 Å². The molecule has 0 radical (unpaired) electrons. The molecule has 0 saturated carbocycles. The molecule has 26 heavy (non-hydrogen) atoms. The number of esters is 1. The third-order valence-corrected chi connectivity index (χ3v) is 4.20. The van der Waals surface area contributed by atoms with Gasteiger partial charge in [0.15, 0.2) is 0 Å². The number of nitrogens with zero attached hydrogens (tertiary/aromatic N) is 3. The first-order chi connectivity index (χ1) is 12.6. The molecular formula is C18H20N4O4. The molecule has 1 aromatic heterocycles. The summed E-state index contributed by atoms with van der Waals surface area (Å²) in [4.78, 5) is 27.8. The summed E-state index contributed by atoms with van der Waals surface area (Å²) in [6.07, 6.45) is 4.85. The lowest BCUT2D eigenvalue weighted by Crippen LogP contribution is -2.29. The van der Waals surface area contributed by atoms with Crippen LogP contribution in [0.4, 0.5) is 11.6 Å². The summed E-state index contributed by atoms with van der Waals surface area (Å²) in [6.45, 7) is 4.01.